The fourth-order valence-electron chi connectivity index (χ4n) is 2.12. The van der Waals surface area contributed by atoms with Crippen molar-refractivity contribution in [3.05, 3.63) is 56.8 Å². The molecule has 0 saturated carbocycles. The van der Waals surface area contributed by atoms with Crippen molar-refractivity contribution in [1.82, 2.24) is 15.4 Å². The van der Waals surface area contributed by atoms with E-state index in [0.717, 1.165) is 10.9 Å². The van der Waals surface area contributed by atoms with Gasteiger partial charge in [0.15, 0.2) is 5.96 Å². The van der Waals surface area contributed by atoms with Gasteiger partial charge in [0.05, 0.1) is 16.4 Å². The fraction of sp³-hybridized carbons (Fsp3) is 0.312. The van der Waals surface area contributed by atoms with Crippen molar-refractivity contribution in [2.75, 3.05) is 19.6 Å². The molecule has 154 valence electrons. The molecule has 0 unspecified atom stereocenters. The van der Waals surface area contributed by atoms with Crippen LogP contribution in [0.4, 0.5) is 5.69 Å². The van der Waals surface area contributed by atoms with E-state index in [9.17, 15) is 18.5 Å². The Balaban J connectivity index is 0.00000392. The van der Waals surface area contributed by atoms with Gasteiger partial charge in [-0.1, -0.05) is 12.1 Å². The summed E-state index contributed by atoms with van der Waals surface area (Å²) in [6.07, 6.45) is 0. The quantitative estimate of drug-likeness (QED) is 0.112. The maximum absolute atomic E-state index is 12.3. The van der Waals surface area contributed by atoms with Crippen LogP contribution >= 0.6 is 35.3 Å². The number of hydrogen-bond donors (Lipinski definition) is 3. The molecule has 0 fully saturated rings. The maximum atomic E-state index is 12.3. The zero-order chi connectivity index (χ0) is 19.7. The molecule has 0 aliphatic rings. The van der Waals surface area contributed by atoms with Gasteiger partial charge in [-0.2, -0.15) is 0 Å². The molecule has 28 heavy (non-hydrogen) atoms. The summed E-state index contributed by atoms with van der Waals surface area (Å²) in [6, 6.07) is 8.87. The lowest BCUT2D eigenvalue weighted by atomic mass is 10.3. The van der Waals surface area contributed by atoms with Gasteiger partial charge in [-0.3, -0.25) is 10.1 Å². The van der Waals surface area contributed by atoms with Crippen molar-refractivity contribution in [3.63, 3.8) is 0 Å². The number of nitro groups is 1. The van der Waals surface area contributed by atoms with E-state index in [1.54, 1.807) is 11.3 Å². The molecule has 0 atom stereocenters. The van der Waals surface area contributed by atoms with E-state index in [-0.39, 0.29) is 41.1 Å². The largest absolute Gasteiger partial charge is 0.357 e. The van der Waals surface area contributed by atoms with Gasteiger partial charge in [-0.15, -0.1) is 35.3 Å². The third-order valence-corrected chi connectivity index (χ3v) is 5.69. The van der Waals surface area contributed by atoms with Crippen LogP contribution in [0.25, 0.3) is 0 Å². The van der Waals surface area contributed by atoms with Crippen LogP contribution in [-0.2, 0) is 16.6 Å². The zero-order valence-electron chi connectivity index (χ0n) is 15.1. The van der Waals surface area contributed by atoms with Gasteiger partial charge in [0.2, 0.25) is 10.0 Å². The van der Waals surface area contributed by atoms with Crippen molar-refractivity contribution < 1.29 is 13.3 Å². The van der Waals surface area contributed by atoms with Gasteiger partial charge in [-0.05, 0) is 24.4 Å². The molecule has 0 spiro atoms. The number of guanidine groups is 1. The molecule has 2 rings (SSSR count). The monoisotopic (exact) mass is 539 g/mol. The fourth-order valence-corrected chi connectivity index (χ4v) is 3.81. The van der Waals surface area contributed by atoms with Crippen LogP contribution in [0.3, 0.4) is 0 Å². The predicted octanol–water partition coefficient (Wildman–Crippen LogP) is 2.31. The van der Waals surface area contributed by atoms with Crippen LogP contribution in [0, 0.1) is 10.1 Å². The van der Waals surface area contributed by atoms with Gasteiger partial charge >= 0.3 is 0 Å². The average Bonchev–Trinajstić information content (AvgIpc) is 3.17. The topological polar surface area (TPSA) is 126 Å². The summed E-state index contributed by atoms with van der Waals surface area (Å²) >= 11 is 1.61. The van der Waals surface area contributed by atoms with E-state index in [2.05, 4.69) is 20.3 Å². The highest BCUT2D eigenvalue weighted by Gasteiger charge is 2.17. The molecule has 3 N–H and O–H groups in total. The van der Waals surface area contributed by atoms with Crippen LogP contribution in [0.1, 0.15) is 11.8 Å². The Morgan fingerprint density at radius 3 is 2.64 bits per heavy atom. The molecule has 1 aromatic heterocycles. The first kappa shape index (κ1) is 24.3. The Labute approximate surface area is 184 Å². The number of nitrogens with one attached hydrogen (secondary N) is 3. The number of nitro benzene ring substituents is 1. The molecule has 0 aliphatic heterocycles. The molecule has 0 amide bonds. The number of halogens is 1. The second kappa shape index (κ2) is 11.9. The van der Waals surface area contributed by atoms with E-state index in [1.165, 1.54) is 18.2 Å². The smallest absolute Gasteiger partial charge is 0.270 e. The number of non-ortho nitro benzene ring substituents is 1. The Hall–Kier alpha value is -1.77. The summed E-state index contributed by atoms with van der Waals surface area (Å²) in [5.74, 6) is 0.584. The molecule has 2 aromatic rings. The second-order valence-electron chi connectivity index (χ2n) is 5.35. The molecule has 1 heterocycles. The van der Waals surface area contributed by atoms with Gasteiger partial charge in [0.1, 0.15) is 0 Å². The summed E-state index contributed by atoms with van der Waals surface area (Å²) in [5, 5.41) is 18.9. The number of rotatable bonds is 9. The van der Waals surface area contributed by atoms with E-state index in [0.29, 0.717) is 25.6 Å². The predicted molar refractivity (Wildman–Crippen MR) is 121 cm³/mol. The molecular formula is C16H22IN5O4S2. The zero-order valence-corrected chi connectivity index (χ0v) is 19.1. The van der Waals surface area contributed by atoms with Gasteiger partial charge < -0.3 is 10.6 Å². The number of nitrogens with zero attached hydrogens (tertiary/aromatic N) is 2. The lowest BCUT2D eigenvalue weighted by Crippen LogP contribution is -2.41. The van der Waals surface area contributed by atoms with E-state index in [1.807, 2.05) is 24.4 Å². The Morgan fingerprint density at radius 1 is 1.21 bits per heavy atom. The second-order valence-corrected chi connectivity index (χ2v) is 8.15. The SMILES string of the molecule is CCNC(=NCc1cccs1)NCCNS(=O)(=O)c1cccc([N+](=O)[O-])c1.I. The molecule has 12 heteroatoms. The molecule has 0 bridgehead atoms. The van der Waals surface area contributed by atoms with Crippen LogP contribution < -0.4 is 15.4 Å². The lowest BCUT2D eigenvalue weighted by Gasteiger charge is -2.12. The first-order valence-electron chi connectivity index (χ1n) is 8.21. The van der Waals surface area contributed by atoms with Crippen LogP contribution in [-0.4, -0.2) is 38.9 Å². The molecule has 1 aromatic carbocycles. The number of thiophene rings is 1. The van der Waals surface area contributed by atoms with Gasteiger partial charge in [0, 0.05) is 36.6 Å². The highest BCUT2D eigenvalue weighted by molar-refractivity contribution is 14.0. The number of benzene rings is 1. The summed E-state index contributed by atoms with van der Waals surface area (Å²) < 4.78 is 26.9. The van der Waals surface area contributed by atoms with E-state index >= 15 is 0 Å². The van der Waals surface area contributed by atoms with E-state index < -0.39 is 14.9 Å². The third kappa shape index (κ3) is 7.69. The maximum Gasteiger partial charge on any atom is 0.270 e. The first-order valence-corrected chi connectivity index (χ1v) is 10.6. The van der Waals surface area contributed by atoms with E-state index in [4.69, 9.17) is 0 Å². The summed E-state index contributed by atoms with van der Waals surface area (Å²) in [5.41, 5.74) is -0.272. The highest BCUT2D eigenvalue weighted by atomic mass is 127. The molecule has 0 saturated heterocycles. The van der Waals surface area contributed by atoms with Crippen LogP contribution in [0.5, 0.6) is 0 Å². The Morgan fingerprint density at radius 2 is 2.00 bits per heavy atom. The van der Waals surface area contributed by atoms with Gasteiger partial charge in [-0.25, -0.2) is 18.1 Å². The third-order valence-electron chi connectivity index (χ3n) is 3.37. The summed E-state index contributed by atoms with van der Waals surface area (Å²) in [7, 11) is -3.83. The molecular weight excluding hydrogens is 517 g/mol. The van der Waals surface area contributed by atoms with Crippen molar-refractivity contribution in [2.45, 2.75) is 18.4 Å². The lowest BCUT2D eigenvalue weighted by molar-refractivity contribution is -0.385. The van der Waals surface area contributed by atoms with Crippen molar-refractivity contribution in [3.8, 4) is 0 Å². The van der Waals surface area contributed by atoms with Crippen molar-refractivity contribution in [2.24, 2.45) is 4.99 Å². The summed E-state index contributed by atoms with van der Waals surface area (Å²) in [6.45, 7) is 3.56. The average molecular weight is 539 g/mol. The summed E-state index contributed by atoms with van der Waals surface area (Å²) in [4.78, 5) is 15.6. The minimum absolute atomic E-state index is 0. The molecule has 0 radical (unpaired) electrons. The highest BCUT2D eigenvalue weighted by Crippen LogP contribution is 2.16. The first-order chi connectivity index (χ1) is 12.9. The minimum atomic E-state index is -3.83. The Bertz CT molecular complexity index is 888. The number of sulfonamides is 1. The van der Waals surface area contributed by atoms with Crippen molar-refractivity contribution >= 4 is 57.0 Å². The van der Waals surface area contributed by atoms with Crippen LogP contribution in [0.15, 0.2) is 51.7 Å². The molecule has 0 aliphatic carbocycles. The van der Waals surface area contributed by atoms with Crippen LogP contribution in [0.2, 0.25) is 0 Å². The minimum Gasteiger partial charge on any atom is -0.357 e. The van der Waals surface area contributed by atoms with Gasteiger partial charge in [0.25, 0.3) is 5.69 Å². The standard InChI is InChI=1S/C16H21N5O4S2.HI/c1-2-17-16(19-12-14-6-4-10-26-14)18-8-9-20-27(24,25)15-7-3-5-13(11-15)21(22)23;/h3-7,10-11,20H,2,8-9,12H2,1H3,(H2,17,18,19);1H. The number of aliphatic imine (C=N–C) groups is 1. The molecule has 9 nitrogen and oxygen atoms in total. The van der Waals surface area contributed by atoms with Crippen molar-refractivity contribution in [1.29, 1.82) is 0 Å². The Kier molecular flexibility index (Phi) is 10.3. The number of hydrogen-bond acceptors (Lipinski definition) is 6. The normalized spacial score (nSPS) is 11.5.